The van der Waals surface area contributed by atoms with E-state index in [1.54, 1.807) is 0 Å². The molecule has 1 heterocycles. The fourth-order valence-electron chi connectivity index (χ4n) is 2.76. The van der Waals surface area contributed by atoms with Gasteiger partial charge in [0.2, 0.25) is 0 Å². The van der Waals surface area contributed by atoms with Crippen molar-refractivity contribution in [2.45, 2.75) is 33.3 Å². The van der Waals surface area contributed by atoms with Crippen LogP contribution in [0.4, 0.5) is 0 Å². The zero-order valence-electron chi connectivity index (χ0n) is 7.91. The van der Waals surface area contributed by atoms with Crippen LogP contribution in [0, 0.1) is 23.7 Å². The van der Waals surface area contributed by atoms with Crippen LogP contribution in [0.5, 0.6) is 0 Å². The van der Waals surface area contributed by atoms with Crippen LogP contribution in [0.2, 0.25) is 0 Å². The van der Waals surface area contributed by atoms with Gasteiger partial charge in [-0.2, -0.15) is 0 Å². The molecule has 0 aromatic rings. The summed E-state index contributed by atoms with van der Waals surface area (Å²) in [5, 5.41) is 0. The number of hydrogen-bond donors (Lipinski definition) is 0. The van der Waals surface area contributed by atoms with Gasteiger partial charge < -0.3 is 4.74 Å². The summed E-state index contributed by atoms with van der Waals surface area (Å²) in [5.74, 6) is 1.96. The van der Waals surface area contributed by atoms with E-state index in [9.17, 15) is 4.79 Å². The third kappa shape index (κ3) is 0.900. The van der Waals surface area contributed by atoms with Gasteiger partial charge in [0, 0.05) is 5.92 Å². The summed E-state index contributed by atoms with van der Waals surface area (Å²) in [7, 11) is 0. The fraction of sp³-hybridized carbons (Fsp3) is 0.900. The first kappa shape index (κ1) is 8.09. The molecule has 0 aromatic heterocycles. The Kier molecular flexibility index (Phi) is 1.67. The Morgan fingerprint density at radius 1 is 1.33 bits per heavy atom. The molecular weight excluding hydrogens is 152 g/mol. The van der Waals surface area contributed by atoms with Gasteiger partial charge in [-0.3, -0.25) is 4.79 Å². The zero-order valence-corrected chi connectivity index (χ0v) is 7.91. The molecule has 5 unspecified atom stereocenters. The summed E-state index contributed by atoms with van der Waals surface area (Å²) in [6, 6.07) is 0. The van der Waals surface area contributed by atoms with E-state index in [0.717, 1.165) is 0 Å². The predicted octanol–water partition coefficient (Wildman–Crippen LogP) is 1.84. The third-order valence-electron chi connectivity index (χ3n) is 3.75. The summed E-state index contributed by atoms with van der Waals surface area (Å²) in [6.07, 6.45) is 1.33. The molecule has 0 amide bonds. The van der Waals surface area contributed by atoms with Gasteiger partial charge >= 0.3 is 5.97 Å². The Hall–Kier alpha value is -0.530. The highest BCUT2D eigenvalue weighted by Gasteiger charge is 2.51. The summed E-state index contributed by atoms with van der Waals surface area (Å²) in [5.41, 5.74) is 0. The monoisotopic (exact) mass is 168 g/mol. The second-order valence-corrected chi connectivity index (χ2v) is 4.40. The topological polar surface area (TPSA) is 26.3 Å². The highest BCUT2D eigenvalue weighted by Crippen LogP contribution is 2.47. The minimum absolute atomic E-state index is 0.0457. The van der Waals surface area contributed by atoms with Crippen LogP contribution >= 0.6 is 0 Å². The normalized spacial score (nSPS) is 52.2. The minimum Gasteiger partial charge on any atom is -0.462 e. The van der Waals surface area contributed by atoms with Crippen molar-refractivity contribution in [2.75, 3.05) is 0 Å². The number of rotatable bonds is 0. The lowest BCUT2D eigenvalue weighted by molar-refractivity contribution is -0.145. The second kappa shape index (κ2) is 2.48. The zero-order chi connectivity index (χ0) is 8.88. The average Bonchev–Trinajstić information content (AvgIpc) is 2.41. The first-order chi connectivity index (χ1) is 5.61. The summed E-state index contributed by atoms with van der Waals surface area (Å²) < 4.78 is 5.21. The van der Waals surface area contributed by atoms with Crippen molar-refractivity contribution < 1.29 is 9.53 Å². The molecule has 68 valence electrons. The average molecular weight is 168 g/mol. The van der Waals surface area contributed by atoms with E-state index in [2.05, 4.69) is 13.8 Å². The van der Waals surface area contributed by atoms with Crippen LogP contribution in [0.3, 0.4) is 0 Å². The van der Waals surface area contributed by atoms with Crippen LogP contribution in [-0.2, 0) is 9.53 Å². The van der Waals surface area contributed by atoms with Crippen molar-refractivity contribution in [3.63, 3.8) is 0 Å². The molecule has 1 aliphatic heterocycles. The predicted molar refractivity (Wildman–Crippen MR) is 45.5 cm³/mol. The minimum atomic E-state index is 0.0457. The molecule has 0 radical (unpaired) electrons. The lowest BCUT2D eigenvalue weighted by Gasteiger charge is -2.12. The van der Waals surface area contributed by atoms with Crippen LogP contribution < -0.4 is 0 Å². The smallest absolute Gasteiger partial charge is 0.309 e. The number of esters is 1. The number of carbonyl (C=O) groups excluding carboxylic acids is 1. The number of carbonyl (C=O) groups is 1. The van der Waals surface area contributed by atoms with E-state index in [1.807, 2.05) is 6.92 Å². The van der Waals surface area contributed by atoms with Gasteiger partial charge in [0.15, 0.2) is 0 Å². The Morgan fingerprint density at radius 3 is 2.58 bits per heavy atom. The Labute approximate surface area is 73.3 Å². The maximum atomic E-state index is 11.4. The lowest BCUT2D eigenvalue weighted by Crippen LogP contribution is -2.17. The van der Waals surface area contributed by atoms with Gasteiger partial charge in [0.25, 0.3) is 0 Å². The molecule has 2 fully saturated rings. The van der Waals surface area contributed by atoms with E-state index in [4.69, 9.17) is 4.74 Å². The molecule has 1 aliphatic carbocycles. The van der Waals surface area contributed by atoms with Crippen molar-refractivity contribution in [3.05, 3.63) is 0 Å². The highest BCUT2D eigenvalue weighted by atomic mass is 16.6. The summed E-state index contributed by atoms with van der Waals surface area (Å²) >= 11 is 0. The van der Waals surface area contributed by atoms with Gasteiger partial charge in [-0.05, 0) is 25.2 Å². The molecule has 0 aromatic carbocycles. The summed E-state index contributed by atoms with van der Waals surface area (Å²) in [4.78, 5) is 11.4. The van der Waals surface area contributed by atoms with Crippen molar-refractivity contribution in [2.24, 2.45) is 23.7 Å². The highest BCUT2D eigenvalue weighted by molar-refractivity contribution is 5.76. The molecule has 2 nitrogen and oxygen atoms in total. The fourth-order valence-corrected chi connectivity index (χ4v) is 2.76. The molecule has 2 heteroatoms. The van der Waals surface area contributed by atoms with Gasteiger partial charge in [-0.1, -0.05) is 13.8 Å². The molecule has 1 saturated heterocycles. The van der Waals surface area contributed by atoms with E-state index in [1.165, 1.54) is 6.42 Å². The van der Waals surface area contributed by atoms with Gasteiger partial charge in [-0.15, -0.1) is 0 Å². The Balaban J connectivity index is 2.23. The van der Waals surface area contributed by atoms with Gasteiger partial charge in [0.1, 0.15) is 6.10 Å². The number of ether oxygens (including phenoxy) is 1. The first-order valence-electron chi connectivity index (χ1n) is 4.81. The second-order valence-electron chi connectivity index (χ2n) is 4.40. The van der Waals surface area contributed by atoms with E-state index >= 15 is 0 Å². The molecule has 0 spiro atoms. The molecule has 2 rings (SSSR count). The first-order valence-corrected chi connectivity index (χ1v) is 4.81. The van der Waals surface area contributed by atoms with E-state index in [0.29, 0.717) is 17.8 Å². The molecule has 2 aliphatic rings. The van der Waals surface area contributed by atoms with Crippen LogP contribution in [0.1, 0.15) is 27.2 Å². The lowest BCUT2D eigenvalue weighted by atomic mass is 9.89. The van der Waals surface area contributed by atoms with Gasteiger partial charge in [0.05, 0.1) is 5.92 Å². The van der Waals surface area contributed by atoms with Crippen LogP contribution in [0.25, 0.3) is 0 Å². The molecule has 0 bridgehead atoms. The largest absolute Gasteiger partial charge is 0.462 e. The van der Waals surface area contributed by atoms with Crippen LogP contribution in [-0.4, -0.2) is 12.1 Å². The van der Waals surface area contributed by atoms with Crippen LogP contribution in [0.15, 0.2) is 0 Å². The van der Waals surface area contributed by atoms with E-state index < -0.39 is 0 Å². The quantitative estimate of drug-likeness (QED) is 0.516. The van der Waals surface area contributed by atoms with Gasteiger partial charge in [-0.25, -0.2) is 0 Å². The Bertz CT molecular complexity index is 212. The number of hydrogen-bond acceptors (Lipinski definition) is 2. The maximum absolute atomic E-state index is 11.4. The van der Waals surface area contributed by atoms with E-state index in [-0.39, 0.29) is 18.0 Å². The summed E-state index contributed by atoms with van der Waals surface area (Å²) in [6.45, 7) is 6.44. The molecule has 5 atom stereocenters. The third-order valence-corrected chi connectivity index (χ3v) is 3.75. The SMILES string of the molecule is CC1CC2C(C)OC(=O)C2C1C. The standard InChI is InChI=1S/C10H16O2/c1-5-4-8-7(3)12-10(11)9(8)6(5)2/h5-9H,4H2,1-3H3. The molecular formula is C10H16O2. The molecule has 1 saturated carbocycles. The number of cyclic esters (lactones) is 1. The van der Waals surface area contributed by atoms with Crippen molar-refractivity contribution in [1.82, 2.24) is 0 Å². The molecule has 12 heavy (non-hydrogen) atoms. The Morgan fingerprint density at radius 2 is 2.00 bits per heavy atom. The van der Waals surface area contributed by atoms with Crippen molar-refractivity contribution >= 4 is 5.97 Å². The van der Waals surface area contributed by atoms with Crippen molar-refractivity contribution in [3.8, 4) is 0 Å². The van der Waals surface area contributed by atoms with Crippen molar-refractivity contribution in [1.29, 1.82) is 0 Å². The number of fused-ring (bicyclic) bond motifs is 1. The molecule has 0 N–H and O–H groups in total. The maximum Gasteiger partial charge on any atom is 0.309 e.